The maximum atomic E-state index is 5.77. The summed E-state index contributed by atoms with van der Waals surface area (Å²) in [4.78, 5) is 4.66. The summed E-state index contributed by atoms with van der Waals surface area (Å²) in [5, 5.41) is 6.70. The van der Waals surface area contributed by atoms with E-state index in [0.717, 1.165) is 23.7 Å². The molecule has 18 heavy (non-hydrogen) atoms. The van der Waals surface area contributed by atoms with Gasteiger partial charge in [0.15, 0.2) is 0 Å². The quantitative estimate of drug-likeness (QED) is 0.783. The molecule has 0 saturated heterocycles. The second-order valence-corrected chi connectivity index (χ2v) is 6.71. The largest absolute Gasteiger partial charge is 0.383 e. The predicted molar refractivity (Wildman–Crippen MR) is 78.7 cm³/mol. The van der Waals surface area contributed by atoms with E-state index in [9.17, 15) is 0 Å². The van der Waals surface area contributed by atoms with Crippen molar-refractivity contribution in [3.05, 3.63) is 16.1 Å². The smallest absolute Gasteiger partial charge is 0.107 e. The molecule has 1 heterocycles. The number of halogens is 1. The summed E-state index contributed by atoms with van der Waals surface area (Å²) in [7, 11) is 1.71. The van der Waals surface area contributed by atoms with Crippen molar-refractivity contribution in [1.82, 2.24) is 10.3 Å². The van der Waals surface area contributed by atoms with Gasteiger partial charge in [0.05, 0.1) is 12.3 Å². The minimum Gasteiger partial charge on any atom is -0.383 e. The van der Waals surface area contributed by atoms with Crippen molar-refractivity contribution in [3.63, 3.8) is 0 Å². The van der Waals surface area contributed by atoms with Gasteiger partial charge in [0.25, 0.3) is 0 Å². The molecule has 1 atom stereocenters. The molecule has 0 aliphatic rings. The number of hydrogen-bond acceptors (Lipinski definition) is 4. The lowest BCUT2D eigenvalue weighted by Gasteiger charge is -2.16. The molecular formula is C13H23ClN2OS. The third-order valence-corrected chi connectivity index (χ3v) is 3.75. The Morgan fingerprint density at radius 1 is 1.50 bits per heavy atom. The first kappa shape index (κ1) is 15.9. The maximum Gasteiger partial charge on any atom is 0.107 e. The van der Waals surface area contributed by atoms with Crippen molar-refractivity contribution < 1.29 is 4.74 Å². The molecule has 0 spiro atoms. The van der Waals surface area contributed by atoms with Crippen LogP contribution in [0.1, 0.15) is 37.9 Å². The number of rotatable bonds is 7. The minimum absolute atomic E-state index is 0.122. The third-order valence-electron chi connectivity index (χ3n) is 2.69. The number of nitrogens with one attached hydrogen (secondary N) is 1. The van der Waals surface area contributed by atoms with Crippen molar-refractivity contribution in [2.75, 3.05) is 19.6 Å². The molecule has 0 aliphatic carbocycles. The first-order valence-corrected chi connectivity index (χ1v) is 7.62. The zero-order valence-electron chi connectivity index (χ0n) is 11.6. The molecule has 104 valence electrons. The molecule has 3 nitrogen and oxygen atoms in total. The number of methoxy groups -OCH3 is 1. The zero-order valence-corrected chi connectivity index (χ0v) is 13.2. The first-order chi connectivity index (χ1) is 8.47. The number of nitrogens with zero attached hydrogens (tertiary/aromatic N) is 1. The van der Waals surface area contributed by atoms with Crippen LogP contribution in [0.4, 0.5) is 0 Å². The standard InChI is InChI=1S/C13H23ClN2OS/c1-13(2,3)11-9-18-12(16-11)7-15-10(5-6-14)8-17-4/h9-10,15H,5-8H2,1-4H3. The van der Waals surface area contributed by atoms with Gasteiger partial charge in [-0.05, 0) is 6.42 Å². The molecule has 1 aromatic rings. The van der Waals surface area contributed by atoms with Crippen LogP contribution in [0.5, 0.6) is 0 Å². The van der Waals surface area contributed by atoms with E-state index in [4.69, 9.17) is 16.3 Å². The fourth-order valence-electron chi connectivity index (χ4n) is 1.55. The van der Waals surface area contributed by atoms with Crippen molar-refractivity contribution in [1.29, 1.82) is 0 Å². The van der Waals surface area contributed by atoms with Crippen LogP contribution in [-0.4, -0.2) is 30.6 Å². The second-order valence-electron chi connectivity index (χ2n) is 5.39. The van der Waals surface area contributed by atoms with E-state index < -0.39 is 0 Å². The van der Waals surface area contributed by atoms with Crippen molar-refractivity contribution in [2.24, 2.45) is 0 Å². The summed E-state index contributed by atoms with van der Waals surface area (Å²) in [6, 6.07) is 0.300. The molecular weight excluding hydrogens is 268 g/mol. The normalized spacial score (nSPS) is 13.8. The Bertz CT molecular complexity index is 343. The highest BCUT2D eigenvalue weighted by atomic mass is 35.5. The summed E-state index contributed by atoms with van der Waals surface area (Å²) in [6.07, 6.45) is 0.910. The van der Waals surface area contributed by atoms with Crippen LogP contribution in [0.15, 0.2) is 5.38 Å². The van der Waals surface area contributed by atoms with Gasteiger partial charge in [-0.15, -0.1) is 22.9 Å². The molecule has 0 radical (unpaired) electrons. The molecule has 1 rings (SSSR count). The molecule has 0 fully saturated rings. The van der Waals surface area contributed by atoms with Gasteiger partial charge >= 0.3 is 0 Å². The highest BCUT2D eigenvalue weighted by molar-refractivity contribution is 7.09. The van der Waals surface area contributed by atoms with E-state index in [1.165, 1.54) is 0 Å². The molecule has 0 amide bonds. The van der Waals surface area contributed by atoms with E-state index >= 15 is 0 Å². The van der Waals surface area contributed by atoms with E-state index in [2.05, 4.69) is 36.5 Å². The predicted octanol–water partition coefficient (Wildman–Crippen LogP) is 3.17. The summed E-state index contributed by atoms with van der Waals surface area (Å²) >= 11 is 7.48. The molecule has 0 saturated carbocycles. The van der Waals surface area contributed by atoms with E-state index in [1.54, 1.807) is 18.4 Å². The lowest BCUT2D eigenvalue weighted by molar-refractivity contribution is 0.164. The van der Waals surface area contributed by atoms with Crippen LogP contribution in [0.2, 0.25) is 0 Å². The second kappa shape index (κ2) is 7.43. The topological polar surface area (TPSA) is 34.1 Å². The van der Waals surface area contributed by atoms with Gasteiger partial charge in [-0.2, -0.15) is 0 Å². The lowest BCUT2D eigenvalue weighted by Crippen LogP contribution is -2.33. The summed E-state index contributed by atoms with van der Waals surface area (Å²) in [5.41, 5.74) is 1.28. The van der Waals surface area contributed by atoms with Crippen molar-refractivity contribution >= 4 is 22.9 Å². The highest BCUT2D eigenvalue weighted by Crippen LogP contribution is 2.23. The average Bonchev–Trinajstić information content (AvgIpc) is 2.75. The molecule has 1 aromatic heterocycles. The summed E-state index contributed by atoms with van der Waals surface area (Å²) in [5.74, 6) is 0.645. The van der Waals surface area contributed by atoms with Crippen molar-refractivity contribution in [3.8, 4) is 0 Å². The van der Waals surface area contributed by atoms with Crippen LogP contribution in [0, 0.1) is 0 Å². The van der Waals surface area contributed by atoms with Gasteiger partial charge in [-0.1, -0.05) is 20.8 Å². The first-order valence-electron chi connectivity index (χ1n) is 6.20. The van der Waals surface area contributed by atoms with Gasteiger partial charge in [0.2, 0.25) is 0 Å². The van der Waals surface area contributed by atoms with Crippen LogP contribution in [0.3, 0.4) is 0 Å². The average molecular weight is 291 g/mol. The van der Waals surface area contributed by atoms with E-state index in [-0.39, 0.29) is 5.41 Å². The monoisotopic (exact) mass is 290 g/mol. The van der Waals surface area contributed by atoms with Crippen LogP contribution in [-0.2, 0) is 16.7 Å². The van der Waals surface area contributed by atoms with E-state index in [1.807, 2.05) is 0 Å². The third kappa shape index (κ3) is 5.22. The van der Waals surface area contributed by atoms with Gasteiger partial charge in [0.1, 0.15) is 5.01 Å². The lowest BCUT2D eigenvalue weighted by atomic mass is 9.93. The van der Waals surface area contributed by atoms with E-state index in [0.29, 0.717) is 18.5 Å². The van der Waals surface area contributed by atoms with Gasteiger partial charge in [-0.25, -0.2) is 4.98 Å². The van der Waals surface area contributed by atoms with Crippen LogP contribution in [0.25, 0.3) is 0 Å². The van der Waals surface area contributed by atoms with Gasteiger partial charge in [-0.3, -0.25) is 0 Å². The number of alkyl halides is 1. The summed E-state index contributed by atoms with van der Waals surface area (Å²) < 4.78 is 5.17. The molecule has 1 unspecified atom stereocenters. The Morgan fingerprint density at radius 2 is 2.22 bits per heavy atom. The molecule has 0 aliphatic heterocycles. The summed E-state index contributed by atoms with van der Waals surface area (Å²) in [6.45, 7) is 8.01. The molecule has 0 bridgehead atoms. The number of thiazole rings is 1. The Kier molecular flexibility index (Phi) is 6.57. The zero-order chi connectivity index (χ0) is 13.6. The van der Waals surface area contributed by atoms with Crippen molar-refractivity contribution in [2.45, 2.75) is 45.2 Å². The van der Waals surface area contributed by atoms with Crippen LogP contribution >= 0.6 is 22.9 Å². The van der Waals surface area contributed by atoms with Gasteiger partial charge < -0.3 is 10.1 Å². The number of aromatic nitrogens is 1. The minimum atomic E-state index is 0.122. The molecule has 0 aromatic carbocycles. The Hall–Kier alpha value is -0.160. The molecule has 5 heteroatoms. The Balaban J connectivity index is 2.49. The molecule has 1 N–H and O–H groups in total. The Morgan fingerprint density at radius 3 is 2.72 bits per heavy atom. The number of hydrogen-bond donors (Lipinski definition) is 1. The van der Waals surface area contributed by atoms with Crippen LogP contribution < -0.4 is 5.32 Å². The fraction of sp³-hybridized carbons (Fsp3) is 0.769. The van der Waals surface area contributed by atoms with Gasteiger partial charge in [0, 0.05) is 36.4 Å². The SMILES string of the molecule is COCC(CCCl)NCc1nc(C(C)(C)C)cs1. The number of ether oxygens (including phenoxy) is 1. The maximum absolute atomic E-state index is 5.77. The fourth-order valence-corrected chi connectivity index (χ4v) is 2.78. The highest BCUT2D eigenvalue weighted by Gasteiger charge is 2.17. The Labute approximate surface area is 119 Å².